The van der Waals surface area contributed by atoms with Crippen molar-refractivity contribution in [2.75, 3.05) is 10.6 Å². The lowest BCUT2D eigenvalue weighted by molar-refractivity contribution is -0.122. The van der Waals surface area contributed by atoms with Crippen LogP contribution in [0, 0.1) is 5.92 Å². The summed E-state index contributed by atoms with van der Waals surface area (Å²) in [6.45, 7) is 0.814. The molecule has 9 nitrogen and oxygen atoms in total. The van der Waals surface area contributed by atoms with E-state index in [0.29, 0.717) is 53.1 Å². The van der Waals surface area contributed by atoms with Crippen molar-refractivity contribution in [1.82, 2.24) is 29.8 Å². The number of anilines is 2. The maximum atomic E-state index is 13.6. The molecule has 3 N–H and O–H groups in total. The number of halogens is 2. The second-order valence-corrected chi connectivity index (χ2v) is 10.9. The van der Waals surface area contributed by atoms with Crippen molar-refractivity contribution in [3.8, 4) is 5.82 Å². The Morgan fingerprint density at radius 3 is 2.65 bits per heavy atom. The van der Waals surface area contributed by atoms with E-state index in [1.165, 1.54) is 19.3 Å². The maximum absolute atomic E-state index is 13.6. The lowest BCUT2D eigenvalue weighted by atomic mass is 9.84. The molecule has 1 aliphatic carbocycles. The Labute approximate surface area is 243 Å². The summed E-state index contributed by atoms with van der Waals surface area (Å²) < 4.78 is 1.81. The van der Waals surface area contributed by atoms with Crippen molar-refractivity contribution in [3.05, 3.63) is 88.7 Å². The Balaban J connectivity index is 1.36. The molecule has 1 fully saturated rings. The molecule has 0 aliphatic heterocycles. The molecule has 1 aliphatic rings. The van der Waals surface area contributed by atoms with Gasteiger partial charge in [0.1, 0.15) is 24.0 Å². The molecule has 3 aromatic heterocycles. The highest BCUT2D eigenvalue weighted by Crippen LogP contribution is 2.29. The van der Waals surface area contributed by atoms with Crippen LogP contribution < -0.4 is 16.0 Å². The third-order valence-electron chi connectivity index (χ3n) is 7.06. The van der Waals surface area contributed by atoms with Crippen LogP contribution in [0.4, 0.5) is 11.8 Å². The Hall–Kier alpha value is -3.69. The monoisotopic (exact) mass is 578 g/mol. The summed E-state index contributed by atoms with van der Waals surface area (Å²) in [4.78, 5) is 31.3. The minimum Gasteiger partial charge on any atom is -0.358 e. The topological polar surface area (TPSA) is 110 Å². The standard InChI is InChI=1S/C29H32Cl2N8O/c30-23-9-8-22(24(31)14-23)18-34-28(40)25(13-20-5-2-1-3-6-20)36-26-15-27(39-12-11-33-19-39)38-29(37-26)35-17-21-7-4-10-32-16-21/h4,7-12,14-16,19-20,25H,1-3,5-6,13,17-18H2,(H,34,40)(H2,35,36,37,38)/t25-/m1/s1. The maximum Gasteiger partial charge on any atom is 0.242 e. The van der Waals surface area contributed by atoms with Gasteiger partial charge in [-0.05, 0) is 41.7 Å². The first kappa shape index (κ1) is 27.9. The van der Waals surface area contributed by atoms with Crippen molar-refractivity contribution in [2.24, 2.45) is 5.92 Å². The molecule has 0 spiro atoms. The summed E-state index contributed by atoms with van der Waals surface area (Å²) in [6, 6.07) is 10.5. The van der Waals surface area contributed by atoms with Gasteiger partial charge in [-0.15, -0.1) is 0 Å². The van der Waals surface area contributed by atoms with E-state index in [9.17, 15) is 4.79 Å². The van der Waals surface area contributed by atoms with Crippen molar-refractivity contribution in [1.29, 1.82) is 0 Å². The second-order valence-electron chi connectivity index (χ2n) is 10.0. The van der Waals surface area contributed by atoms with Crippen molar-refractivity contribution >= 4 is 40.9 Å². The lowest BCUT2D eigenvalue weighted by Gasteiger charge is -2.27. The normalized spacial score (nSPS) is 14.4. The van der Waals surface area contributed by atoms with Gasteiger partial charge < -0.3 is 16.0 Å². The van der Waals surface area contributed by atoms with E-state index in [2.05, 4.69) is 30.9 Å². The van der Waals surface area contributed by atoms with E-state index < -0.39 is 6.04 Å². The molecule has 4 aromatic rings. The molecule has 208 valence electrons. The molecule has 1 aromatic carbocycles. The average Bonchev–Trinajstić information content (AvgIpc) is 3.52. The predicted octanol–water partition coefficient (Wildman–Crippen LogP) is 6.04. The van der Waals surface area contributed by atoms with Crippen LogP contribution in [0.2, 0.25) is 10.0 Å². The molecule has 1 saturated carbocycles. The minimum atomic E-state index is -0.481. The molecule has 11 heteroatoms. The predicted molar refractivity (Wildman–Crippen MR) is 158 cm³/mol. The molecule has 0 unspecified atom stereocenters. The van der Waals surface area contributed by atoms with E-state index in [-0.39, 0.29) is 5.91 Å². The highest BCUT2D eigenvalue weighted by atomic mass is 35.5. The summed E-state index contributed by atoms with van der Waals surface area (Å²) in [6.07, 6.45) is 15.3. The number of carbonyl (C=O) groups excluding carboxylic acids is 1. The van der Waals surface area contributed by atoms with E-state index >= 15 is 0 Å². The van der Waals surface area contributed by atoms with Gasteiger partial charge in [-0.3, -0.25) is 14.3 Å². The number of nitrogens with zero attached hydrogens (tertiary/aromatic N) is 5. The largest absolute Gasteiger partial charge is 0.358 e. The molecule has 0 bridgehead atoms. The number of carbonyl (C=O) groups is 1. The van der Waals surface area contributed by atoms with Crippen LogP contribution in [0.5, 0.6) is 0 Å². The quantitative estimate of drug-likeness (QED) is 0.199. The van der Waals surface area contributed by atoms with Crippen LogP contribution in [0.1, 0.15) is 49.7 Å². The van der Waals surface area contributed by atoms with Crippen LogP contribution in [0.25, 0.3) is 5.82 Å². The SMILES string of the molecule is O=C(NCc1ccc(Cl)cc1Cl)[C@@H](CC1CCCCC1)Nc1cc(-n2ccnc2)nc(NCc2cccnc2)n1. The fourth-order valence-corrected chi connectivity index (χ4v) is 5.41. The van der Waals surface area contributed by atoms with Gasteiger partial charge in [-0.2, -0.15) is 9.97 Å². The molecular formula is C29H32Cl2N8O. The Morgan fingerprint density at radius 2 is 1.90 bits per heavy atom. The average molecular weight is 580 g/mol. The molecule has 0 saturated heterocycles. The number of imidazole rings is 1. The smallest absolute Gasteiger partial charge is 0.242 e. The number of rotatable bonds is 11. The number of amides is 1. The fraction of sp³-hybridized carbons (Fsp3) is 0.345. The van der Waals surface area contributed by atoms with Crippen LogP contribution >= 0.6 is 23.2 Å². The molecule has 3 heterocycles. The first-order valence-electron chi connectivity index (χ1n) is 13.5. The van der Waals surface area contributed by atoms with Crippen molar-refractivity contribution in [3.63, 3.8) is 0 Å². The minimum absolute atomic E-state index is 0.107. The van der Waals surface area contributed by atoms with Crippen LogP contribution in [0.3, 0.4) is 0 Å². The zero-order valence-electron chi connectivity index (χ0n) is 22.1. The number of pyridine rings is 1. The summed E-state index contributed by atoms with van der Waals surface area (Å²) in [5.41, 5.74) is 1.81. The molecule has 40 heavy (non-hydrogen) atoms. The van der Waals surface area contributed by atoms with E-state index in [1.54, 1.807) is 41.6 Å². The molecule has 1 amide bonds. The van der Waals surface area contributed by atoms with Gasteiger partial charge >= 0.3 is 0 Å². The van der Waals surface area contributed by atoms with Crippen LogP contribution in [0.15, 0.2) is 67.5 Å². The molecule has 0 radical (unpaired) electrons. The van der Waals surface area contributed by atoms with Crippen molar-refractivity contribution in [2.45, 2.75) is 57.7 Å². The molecule has 1 atom stereocenters. The van der Waals surface area contributed by atoms with Gasteiger partial charge in [0.15, 0.2) is 0 Å². The zero-order valence-corrected chi connectivity index (χ0v) is 23.6. The first-order valence-corrected chi connectivity index (χ1v) is 14.3. The number of hydrogen-bond acceptors (Lipinski definition) is 7. The van der Waals surface area contributed by atoms with Gasteiger partial charge in [0.25, 0.3) is 0 Å². The number of aromatic nitrogens is 5. The van der Waals surface area contributed by atoms with E-state index in [1.807, 2.05) is 30.5 Å². The van der Waals surface area contributed by atoms with Gasteiger partial charge in [0.05, 0.1) is 0 Å². The third kappa shape index (κ3) is 7.70. The lowest BCUT2D eigenvalue weighted by Crippen LogP contribution is -2.41. The highest BCUT2D eigenvalue weighted by Gasteiger charge is 2.25. The van der Waals surface area contributed by atoms with Crippen LogP contribution in [-0.2, 0) is 17.9 Å². The van der Waals surface area contributed by atoms with Crippen LogP contribution in [-0.4, -0.2) is 36.5 Å². The Morgan fingerprint density at radius 1 is 1.02 bits per heavy atom. The fourth-order valence-electron chi connectivity index (χ4n) is 4.93. The summed E-state index contributed by atoms with van der Waals surface area (Å²) >= 11 is 12.4. The number of nitrogens with one attached hydrogen (secondary N) is 3. The summed E-state index contributed by atoms with van der Waals surface area (Å²) in [5, 5.41) is 10.8. The molecule has 5 rings (SSSR count). The van der Waals surface area contributed by atoms with Gasteiger partial charge in [0, 0.05) is 54.0 Å². The number of benzene rings is 1. The van der Waals surface area contributed by atoms with E-state index in [4.69, 9.17) is 28.2 Å². The highest BCUT2D eigenvalue weighted by molar-refractivity contribution is 6.35. The third-order valence-corrected chi connectivity index (χ3v) is 7.64. The Kier molecular flexibility index (Phi) is 9.46. The van der Waals surface area contributed by atoms with Crippen molar-refractivity contribution < 1.29 is 4.79 Å². The second kappa shape index (κ2) is 13.6. The summed E-state index contributed by atoms with van der Waals surface area (Å²) in [7, 11) is 0. The zero-order chi connectivity index (χ0) is 27.7. The summed E-state index contributed by atoms with van der Waals surface area (Å²) in [5.74, 6) is 1.97. The first-order chi connectivity index (χ1) is 19.5. The Bertz CT molecular complexity index is 1390. The van der Waals surface area contributed by atoms with Gasteiger partial charge in [-0.25, -0.2) is 4.98 Å². The van der Waals surface area contributed by atoms with Gasteiger partial charge in [0.2, 0.25) is 11.9 Å². The van der Waals surface area contributed by atoms with E-state index in [0.717, 1.165) is 24.0 Å². The van der Waals surface area contributed by atoms with Gasteiger partial charge in [-0.1, -0.05) is 67.4 Å². The number of hydrogen-bond donors (Lipinski definition) is 3. The molecular weight excluding hydrogens is 547 g/mol.